The van der Waals surface area contributed by atoms with Gasteiger partial charge in [-0.15, -0.1) is 0 Å². The van der Waals surface area contributed by atoms with E-state index in [0.717, 1.165) is 10.5 Å². The standard InChI is InChI=1S/C15H13NO3S2/c1-10-3-6-13(7-4-10)21(17,18)16-12-5-8-14-15(9-12)20-11(2)19-14/h3-9,16H,2H2,1H3. The molecule has 0 amide bonds. The summed E-state index contributed by atoms with van der Waals surface area (Å²) in [5.41, 5.74) is 1.51. The SMILES string of the molecule is C=C1Oc2ccc(NS(=O)(=O)c3ccc(C)cc3)cc2S1. The maximum Gasteiger partial charge on any atom is 0.261 e. The number of rotatable bonds is 3. The molecule has 108 valence electrons. The molecule has 1 N–H and O–H groups in total. The van der Waals surface area contributed by atoms with Crippen LogP contribution in [-0.2, 0) is 10.0 Å². The average Bonchev–Trinajstić information content (AvgIpc) is 2.78. The van der Waals surface area contributed by atoms with Crippen molar-refractivity contribution >= 4 is 27.5 Å². The van der Waals surface area contributed by atoms with Crippen LogP contribution in [0.1, 0.15) is 5.56 Å². The predicted octanol–water partition coefficient (Wildman–Crippen LogP) is 3.75. The molecule has 0 saturated heterocycles. The highest BCUT2D eigenvalue weighted by Crippen LogP contribution is 2.43. The summed E-state index contributed by atoms with van der Waals surface area (Å²) in [6.45, 7) is 5.64. The molecule has 0 saturated carbocycles. The van der Waals surface area contributed by atoms with Gasteiger partial charge in [0.1, 0.15) is 5.75 Å². The zero-order valence-electron chi connectivity index (χ0n) is 11.3. The van der Waals surface area contributed by atoms with E-state index >= 15 is 0 Å². The average molecular weight is 319 g/mol. The first-order valence-corrected chi connectivity index (χ1v) is 8.52. The summed E-state index contributed by atoms with van der Waals surface area (Å²) < 4.78 is 32.6. The van der Waals surface area contributed by atoms with Crippen LogP contribution in [0.25, 0.3) is 0 Å². The molecule has 0 unspecified atom stereocenters. The number of fused-ring (bicyclic) bond motifs is 1. The molecule has 6 heteroatoms. The number of aryl methyl sites for hydroxylation is 1. The quantitative estimate of drug-likeness (QED) is 0.936. The number of sulfonamides is 1. The van der Waals surface area contributed by atoms with Crippen LogP contribution in [0.2, 0.25) is 0 Å². The van der Waals surface area contributed by atoms with Gasteiger partial charge in [0, 0.05) is 0 Å². The Labute approximate surface area is 127 Å². The Balaban J connectivity index is 1.88. The summed E-state index contributed by atoms with van der Waals surface area (Å²) in [5.74, 6) is 0.697. The van der Waals surface area contributed by atoms with Gasteiger partial charge in [-0.2, -0.15) is 0 Å². The Kier molecular flexibility index (Phi) is 3.43. The number of anilines is 1. The minimum atomic E-state index is -3.58. The maximum atomic E-state index is 12.3. The Bertz CT molecular complexity index is 811. The summed E-state index contributed by atoms with van der Waals surface area (Å²) in [4.78, 5) is 1.09. The van der Waals surface area contributed by atoms with Gasteiger partial charge in [0.05, 0.1) is 15.5 Å². The summed E-state index contributed by atoms with van der Waals surface area (Å²) in [6.07, 6.45) is 0. The van der Waals surface area contributed by atoms with Gasteiger partial charge in [-0.05, 0) is 55.6 Å². The molecular weight excluding hydrogens is 306 g/mol. The van der Waals surface area contributed by atoms with Gasteiger partial charge in [0.15, 0.2) is 5.09 Å². The molecule has 1 aliphatic heterocycles. The van der Waals surface area contributed by atoms with Gasteiger partial charge in [-0.1, -0.05) is 17.7 Å². The van der Waals surface area contributed by atoms with Gasteiger partial charge < -0.3 is 4.74 Å². The van der Waals surface area contributed by atoms with Gasteiger partial charge in [0.25, 0.3) is 10.0 Å². The fraction of sp³-hybridized carbons (Fsp3) is 0.0667. The highest BCUT2D eigenvalue weighted by atomic mass is 32.2. The van der Waals surface area contributed by atoms with E-state index in [1.165, 1.54) is 11.8 Å². The molecule has 0 radical (unpaired) electrons. The van der Waals surface area contributed by atoms with E-state index in [2.05, 4.69) is 11.3 Å². The van der Waals surface area contributed by atoms with Crippen molar-refractivity contribution in [1.82, 2.24) is 0 Å². The van der Waals surface area contributed by atoms with E-state index in [1.807, 2.05) is 6.92 Å². The van der Waals surface area contributed by atoms with E-state index in [-0.39, 0.29) is 4.90 Å². The molecule has 4 nitrogen and oxygen atoms in total. The second kappa shape index (κ2) is 5.13. The topological polar surface area (TPSA) is 55.4 Å². The highest BCUT2D eigenvalue weighted by molar-refractivity contribution is 8.03. The van der Waals surface area contributed by atoms with Crippen molar-refractivity contribution in [2.45, 2.75) is 16.7 Å². The van der Waals surface area contributed by atoms with Gasteiger partial charge in [-0.25, -0.2) is 8.42 Å². The molecule has 0 aromatic heterocycles. The fourth-order valence-electron chi connectivity index (χ4n) is 1.93. The first kappa shape index (κ1) is 14.0. The molecule has 0 fully saturated rings. The Morgan fingerprint density at radius 1 is 1.14 bits per heavy atom. The van der Waals surface area contributed by atoms with Crippen LogP contribution in [0.4, 0.5) is 5.69 Å². The van der Waals surface area contributed by atoms with Crippen molar-refractivity contribution in [3.8, 4) is 5.75 Å². The molecular formula is C15H13NO3S2. The molecule has 0 atom stereocenters. The lowest BCUT2D eigenvalue weighted by Crippen LogP contribution is -2.12. The van der Waals surface area contributed by atoms with Crippen LogP contribution >= 0.6 is 11.8 Å². The lowest BCUT2D eigenvalue weighted by atomic mass is 10.2. The smallest absolute Gasteiger partial charge is 0.261 e. The molecule has 3 rings (SSSR count). The number of benzene rings is 2. The van der Waals surface area contributed by atoms with Crippen molar-refractivity contribution in [3.63, 3.8) is 0 Å². The fourth-order valence-corrected chi connectivity index (χ4v) is 3.76. The molecule has 2 aromatic rings. The van der Waals surface area contributed by atoms with E-state index in [0.29, 0.717) is 16.5 Å². The number of nitrogens with one attached hydrogen (secondary N) is 1. The molecule has 1 heterocycles. The van der Waals surface area contributed by atoms with Crippen molar-refractivity contribution in [2.24, 2.45) is 0 Å². The molecule has 1 aliphatic rings. The molecule has 0 aliphatic carbocycles. The van der Waals surface area contributed by atoms with Crippen LogP contribution in [0.15, 0.2) is 63.9 Å². The van der Waals surface area contributed by atoms with E-state index in [1.54, 1.807) is 42.5 Å². The number of hydrogen-bond donors (Lipinski definition) is 1. The number of ether oxygens (including phenoxy) is 1. The normalized spacial score (nSPS) is 13.7. The van der Waals surface area contributed by atoms with Crippen LogP contribution in [0.3, 0.4) is 0 Å². The Morgan fingerprint density at radius 3 is 2.57 bits per heavy atom. The van der Waals surface area contributed by atoms with E-state index < -0.39 is 10.0 Å². The predicted molar refractivity (Wildman–Crippen MR) is 84.1 cm³/mol. The van der Waals surface area contributed by atoms with Crippen molar-refractivity contribution in [2.75, 3.05) is 4.72 Å². The van der Waals surface area contributed by atoms with E-state index in [4.69, 9.17) is 4.74 Å². The van der Waals surface area contributed by atoms with Crippen LogP contribution in [0.5, 0.6) is 5.75 Å². The summed E-state index contributed by atoms with van der Waals surface area (Å²) >= 11 is 1.38. The minimum Gasteiger partial charge on any atom is -0.450 e. The third kappa shape index (κ3) is 2.91. The molecule has 0 bridgehead atoms. The monoisotopic (exact) mass is 319 g/mol. The Morgan fingerprint density at radius 2 is 1.86 bits per heavy atom. The van der Waals surface area contributed by atoms with E-state index in [9.17, 15) is 8.42 Å². The van der Waals surface area contributed by atoms with Gasteiger partial charge >= 0.3 is 0 Å². The third-order valence-corrected chi connectivity index (χ3v) is 5.22. The first-order valence-electron chi connectivity index (χ1n) is 6.22. The molecule has 2 aromatic carbocycles. The minimum absolute atomic E-state index is 0.238. The third-order valence-electron chi connectivity index (χ3n) is 2.97. The zero-order chi connectivity index (χ0) is 15.0. The summed E-state index contributed by atoms with van der Waals surface area (Å²) in [5, 5.41) is 0.587. The van der Waals surface area contributed by atoms with Gasteiger partial charge in [0.2, 0.25) is 0 Å². The Hall–Kier alpha value is -1.92. The maximum absolute atomic E-state index is 12.3. The van der Waals surface area contributed by atoms with Crippen LogP contribution < -0.4 is 9.46 Å². The van der Waals surface area contributed by atoms with Crippen molar-refractivity contribution in [1.29, 1.82) is 0 Å². The number of thioether (sulfide) groups is 1. The van der Waals surface area contributed by atoms with Crippen LogP contribution in [-0.4, -0.2) is 8.42 Å². The lowest BCUT2D eigenvalue weighted by molar-refractivity contribution is 0.470. The van der Waals surface area contributed by atoms with Crippen molar-refractivity contribution < 1.29 is 13.2 Å². The second-order valence-corrected chi connectivity index (χ2v) is 7.44. The number of hydrogen-bond acceptors (Lipinski definition) is 4. The highest BCUT2D eigenvalue weighted by Gasteiger charge is 2.19. The van der Waals surface area contributed by atoms with Gasteiger partial charge in [-0.3, -0.25) is 4.72 Å². The summed E-state index contributed by atoms with van der Waals surface area (Å²) in [6, 6.07) is 11.9. The second-order valence-electron chi connectivity index (χ2n) is 4.66. The summed E-state index contributed by atoms with van der Waals surface area (Å²) in [7, 11) is -3.58. The lowest BCUT2D eigenvalue weighted by Gasteiger charge is -2.09. The largest absolute Gasteiger partial charge is 0.450 e. The first-order chi connectivity index (χ1) is 9.94. The molecule has 21 heavy (non-hydrogen) atoms. The molecule has 0 spiro atoms. The van der Waals surface area contributed by atoms with Crippen molar-refractivity contribution in [3.05, 3.63) is 59.7 Å². The van der Waals surface area contributed by atoms with Crippen LogP contribution in [0, 0.1) is 6.92 Å². The zero-order valence-corrected chi connectivity index (χ0v) is 12.9.